The van der Waals surface area contributed by atoms with E-state index < -0.39 is 0 Å². The number of hydrogen-bond donors (Lipinski definition) is 1. The molecule has 1 aliphatic carbocycles. The van der Waals surface area contributed by atoms with E-state index in [-0.39, 0.29) is 0 Å². The highest BCUT2D eigenvalue weighted by Crippen LogP contribution is 2.37. The van der Waals surface area contributed by atoms with Crippen molar-refractivity contribution >= 4 is 11.8 Å². The molecule has 0 spiro atoms. The molecule has 0 aromatic rings. The van der Waals surface area contributed by atoms with E-state index in [1.807, 2.05) is 0 Å². The molecule has 1 rings (SSSR count). The molecule has 2 heteroatoms. The smallest absolute Gasteiger partial charge is 0.00548 e. The maximum atomic E-state index is 5.58. The first-order valence-electron chi connectivity index (χ1n) is 5.97. The van der Waals surface area contributed by atoms with Crippen molar-refractivity contribution in [3.63, 3.8) is 0 Å². The van der Waals surface area contributed by atoms with Crippen molar-refractivity contribution in [3.8, 4) is 0 Å². The van der Waals surface area contributed by atoms with Crippen LogP contribution in [0.3, 0.4) is 0 Å². The monoisotopic (exact) mass is 215 g/mol. The van der Waals surface area contributed by atoms with Gasteiger partial charge in [-0.25, -0.2) is 0 Å². The Morgan fingerprint density at radius 3 is 2.29 bits per heavy atom. The maximum absolute atomic E-state index is 5.58. The summed E-state index contributed by atoms with van der Waals surface area (Å²) in [5.41, 5.74) is 5.58. The zero-order chi connectivity index (χ0) is 10.6. The Hall–Kier alpha value is 0.310. The second-order valence-electron chi connectivity index (χ2n) is 5.06. The lowest BCUT2D eigenvalue weighted by atomic mass is 9.83. The molecule has 0 radical (unpaired) electrons. The van der Waals surface area contributed by atoms with Crippen LogP contribution in [0, 0.1) is 11.8 Å². The van der Waals surface area contributed by atoms with Crippen LogP contribution in [0.4, 0.5) is 0 Å². The fourth-order valence-corrected chi connectivity index (χ4v) is 4.42. The molecule has 1 nitrogen and oxygen atoms in total. The van der Waals surface area contributed by atoms with E-state index >= 15 is 0 Å². The van der Waals surface area contributed by atoms with Crippen LogP contribution in [0.5, 0.6) is 0 Å². The van der Waals surface area contributed by atoms with E-state index in [1.165, 1.54) is 25.7 Å². The van der Waals surface area contributed by atoms with Gasteiger partial charge in [-0.2, -0.15) is 11.8 Å². The lowest BCUT2D eigenvalue weighted by molar-refractivity contribution is 0.308. The summed E-state index contributed by atoms with van der Waals surface area (Å²) < 4.78 is 0. The second-order valence-corrected chi connectivity index (χ2v) is 6.81. The summed E-state index contributed by atoms with van der Waals surface area (Å²) in [6.07, 6.45) is 5.44. The minimum atomic E-state index is 0.752. The van der Waals surface area contributed by atoms with Crippen molar-refractivity contribution in [2.45, 2.75) is 57.0 Å². The van der Waals surface area contributed by atoms with Gasteiger partial charge in [0, 0.05) is 10.5 Å². The van der Waals surface area contributed by atoms with Crippen molar-refractivity contribution in [1.29, 1.82) is 0 Å². The van der Waals surface area contributed by atoms with Crippen molar-refractivity contribution < 1.29 is 0 Å². The summed E-state index contributed by atoms with van der Waals surface area (Å²) in [6.45, 7) is 7.96. The lowest BCUT2D eigenvalue weighted by Crippen LogP contribution is -2.23. The number of nitrogens with two attached hydrogens (primary N) is 1. The van der Waals surface area contributed by atoms with Gasteiger partial charge in [0.1, 0.15) is 0 Å². The Morgan fingerprint density at radius 1 is 1.21 bits per heavy atom. The average Bonchev–Trinajstić information content (AvgIpc) is 2.01. The number of thioether (sulfide) groups is 1. The molecule has 14 heavy (non-hydrogen) atoms. The summed E-state index contributed by atoms with van der Waals surface area (Å²) in [5, 5.41) is 1.65. The van der Waals surface area contributed by atoms with E-state index in [0.29, 0.717) is 0 Å². The summed E-state index contributed by atoms with van der Waals surface area (Å²) in [6, 6.07) is 0. The van der Waals surface area contributed by atoms with E-state index in [1.54, 1.807) is 0 Å². The first-order chi connectivity index (χ1) is 6.61. The van der Waals surface area contributed by atoms with Gasteiger partial charge in [0.2, 0.25) is 0 Å². The third-order valence-electron chi connectivity index (χ3n) is 3.13. The van der Waals surface area contributed by atoms with E-state index in [0.717, 1.165) is 28.9 Å². The van der Waals surface area contributed by atoms with Gasteiger partial charge >= 0.3 is 0 Å². The highest BCUT2D eigenvalue weighted by atomic mass is 32.2. The predicted molar refractivity (Wildman–Crippen MR) is 66.7 cm³/mol. The molecule has 1 saturated carbocycles. The molecule has 0 heterocycles. The fourth-order valence-electron chi connectivity index (χ4n) is 2.62. The third kappa shape index (κ3) is 4.22. The van der Waals surface area contributed by atoms with Gasteiger partial charge in [-0.15, -0.1) is 0 Å². The van der Waals surface area contributed by atoms with Gasteiger partial charge < -0.3 is 5.73 Å². The molecular formula is C12H25NS. The Morgan fingerprint density at radius 2 is 1.79 bits per heavy atom. The topological polar surface area (TPSA) is 26.0 Å². The molecule has 1 aliphatic rings. The summed E-state index contributed by atoms with van der Waals surface area (Å²) in [5.74, 6) is 1.86. The molecule has 3 unspecified atom stereocenters. The van der Waals surface area contributed by atoms with Crippen LogP contribution in [0.1, 0.15) is 46.5 Å². The highest BCUT2D eigenvalue weighted by molar-refractivity contribution is 8.00. The SMILES string of the molecule is CC1CC(C)CC(SC(C)CCN)C1. The van der Waals surface area contributed by atoms with E-state index in [4.69, 9.17) is 5.73 Å². The molecule has 84 valence electrons. The second kappa shape index (κ2) is 6.02. The minimum Gasteiger partial charge on any atom is -0.330 e. The van der Waals surface area contributed by atoms with Gasteiger partial charge in [-0.1, -0.05) is 20.8 Å². The molecular weight excluding hydrogens is 190 g/mol. The van der Waals surface area contributed by atoms with Crippen LogP contribution in [0.15, 0.2) is 0 Å². The predicted octanol–water partition coefficient (Wildman–Crippen LogP) is 3.28. The van der Waals surface area contributed by atoms with Crippen molar-refractivity contribution in [1.82, 2.24) is 0 Å². The fraction of sp³-hybridized carbons (Fsp3) is 1.00. The molecule has 0 aliphatic heterocycles. The lowest BCUT2D eigenvalue weighted by Gasteiger charge is -2.32. The van der Waals surface area contributed by atoms with Gasteiger partial charge in [-0.05, 0) is 44.1 Å². The normalized spacial score (nSPS) is 35.6. The van der Waals surface area contributed by atoms with E-state index in [2.05, 4.69) is 32.5 Å². The van der Waals surface area contributed by atoms with Crippen LogP contribution >= 0.6 is 11.8 Å². The largest absolute Gasteiger partial charge is 0.330 e. The Bertz CT molecular complexity index is 150. The van der Waals surface area contributed by atoms with Crippen molar-refractivity contribution in [2.24, 2.45) is 17.6 Å². The number of rotatable bonds is 4. The Kier molecular flexibility index (Phi) is 5.32. The molecule has 3 atom stereocenters. The van der Waals surface area contributed by atoms with Crippen LogP contribution in [0.2, 0.25) is 0 Å². The number of hydrogen-bond acceptors (Lipinski definition) is 2. The maximum Gasteiger partial charge on any atom is 0.00548 e. The zero-order valence-electron chi connectivity index (χ0n) is 9.83. The summed E-state index contributed by atoms with van der Waals surface area (Å²) in [7, 11) is 0. The third-order valence-corrected chi connectivity index (χ3v) is 4.60. The highest BCUT2D eigenvalue weighted by Gasteiger charge is 2.25. The standard InChI is InChI=1S/C12H25NS/c1-9-6-10(2)8-12(7-9)14-11(3)4-5-13/h9-12H,4-8,13H2,1-3H3. The van der Waals surface area contributed by atoms with Crippen molar-refractivity contribution in [3.05, 3.63) is 0 Å². The van der Waals surface area contributed by atoms with Crippen LogP contribution < -0.4 is 5.73 Å². The molecule has 0 aromatic heterocycles. The van der Waals surface area contributed by atoms with Crippen LogP contribution in [0.25, 0.3) is 0 Å². The van der Waals surface area contributed by atoms with Gasteiger partial charge in [0.25, 0.3) is 0 Å². The van der Waals surface area contributed by atoms with Crippen LogP contribution in [-0.2, 0) is 0 Å². The van der Waals surface area contributed by atoms with Crippen molar-refractivity contribution in [2.75, 3.05) is 6.54 Å². The molecule has 0 saturated heterocycles. The van der Waals surface area contributed by atoms with E-state index in [9.17, 15) is 0 Å². The summed E-state index contributed by atoms with van der Waals surface area (Å²) in [4.78, 5) is 0. The Labute approximate surface area is 93.2 Å². The first-order valence-corrected chi connectivity index (χ1v) is 6.91. The zero-order valence-corrected chi connectivity index (χ0v) is 10.6. The van der Waals surface area contributed by atoms with Gasteiger partial charge in [0.05, 0.1) is 0 Å². The van der Waals surface area contributed by atoms with Gasteiger partial charge in [0.15, 0.2) is 0 Å². The molecule has 0 aromatic carbocycles. The first kappa shape index (κ1) is 12.4. The molecule has 0 bridgehead atoms. The average molecular weight is 215 g/mol. The Balaban J connectivity index is 2.29. The van der Waals surface area contributed by atoms with Gasteiger partial charge in [-0.3, -0.25) is 0 Å². The molecule has 0 amide bonds. The molecule has 1 fully saturated rings. The quantitative estimate of drug-likeness (QED) is 0.779. The van der Waals surface area contributed by atoms with Crippen LogP contribution in [-0.4, -0.2) is 17.0 Å². The summed E-state index contributed by atoms with van der Waals surface area (Å²) >= 11 is 2.17. The molecule has 2 N–H and O–H groups in total. The minimum absolute atomic E-state index is 0.752.